The van der Waals surface area contributed by atoms with Crippen LogP contribution in [0.1, 0.15) is 26.3 Å². The van der Waals surface area contributed by atoms with Gasteiger partial charge in [0.25, 0.3) is 0 Å². The molecule has 1 heterocycles. The maximum Gasteiger partial charge on any atom is 0.407 e. The number of ether oxygens (including phenoxy) is 1. The van der Waals surface area contributed by atoms with Crippen molar-refractivity contribution in [3.05, 3.63) is 72.4 Å². The Morgan fingerprint density at radius 3 is 2.36 bits per heavy atom. The molecular weight excluding hydrogens is 352 g/mol. The van der Waals surface area contributed by atoms with Gasteiger partial charge in [0.2, 0.25) is 0 Å². The van der Waals surface area contributed by atoms with Crippen molar-refractivity contribution in [2.45, 2.75) is 45.4 Å². The summed E-state index contributed by atoms with van der Waals surface area (Å²) < 4.78 is 7.18. The van der Waals surface area contributed by atoms with Crippen LogP contribution in [0.2, 0.25) is 0 Å². The molecular formula is C22H26N4O2. The quantitative estimate of drug-likeness (QED) is 0.702. The molecule has 3 aromatic rings. The van der Waals surface area contributed by atoms with Gasteiger partial charge in [0.15, 0.2) is 0 Å². The number of nitrogens with zero attached hydrogens (tertiary/aromatic N) is 3. The third-order valence-corrected chi connectivity index (χ3v) is 4.06. The second-order valence-electron chi connectivity index (χ2n) is 7.72. The number of aromatic nitrogens is 3. The van der Waals surface area contributed by atoms with Crippen LogP contribution < -0.4 is 5.32 Å². The van der Waals surface area contributed by atoms with E-state index < -0.39 is 11.7 Å². The van der Waals surface area contributed by atoms with Crippen LogP contribution in [-0.2, 0) is 17.7 Å². The van der Waals surface area contributed by atoms with Gasteiger partial charge in [-0.25, -0.2) is 9.48 Å². The van der Waals surface area contributed by atoms with Gasteiger partial charge in [-0.05, 0) is 32.8 Å². The third-order valence-electron chi connectivity index (χ3n) is 4.06. The Morgan fingerprint density at radius 1 is 1.07 bits per heavy atom. The zero-order chi connectivity index (χ0) is 20.0. The largest absolute Gasteiger partial charge is 0.444 e. The van der Waals surface area contributed by atoms with Crippen LogP contribution in [0.5, 0.6) is 0 Å². The second kappa shape index (κ2) is 8.69. The average molecular weight is 378 g/mol. The Morgan fingerprint density at radius 2 is 1.71 bits per heavy atom. The van der Waals surface area contributed by atoms with Gasteiger partial charge in [0.1, 0.15) is 11.3 Å². The highest BCUT2D eigenvalue weighted by Crippen LogP contribution is 2.15. The summed E-state index contributed by atoms with van der Waals surface area (Å²) in [6, 6.07) is 19.8. The summed E-state index contributed by atoms with van der Waals surface area (Å²) in [6.07, 6.45) is 2.13. The van der Waals surface area contributed by atoms with E-state index >= 15 is 0 Å². The van der Waals surface area contributed by atoms with E-state index in [0.717, 1.165) is 16.8 Å². The summed E-state index contributed by atoms with van der Waals surface area (Å²) in [7, 11) is 0. The maximum atomic E-state index is 12.3. The number of rotatable bonds is 6. The van der Waals surface area contributed by atoms with Crippen molar-refractivity contribution < 1.29 is 9.53 Å². The zero-order valence-electron chi connectivity index (χ0n) is 16.5. The molecule has 28 heavy (non-hydrogen) atoms. The molecule has 0 bridgehead atoms. The summed E-state index contributed by atoms with van der Waals surface area (Å²) >= 11 is 0. The van der Waals surface area contributed by atoms with Gasteiger partial charge in [-0.3, -0.25) is 0 Å². The number of hydrogen-bond donors (Lipinski definition) is 1. The lowest BCUT2D eigenvalue weighted by Gasteiger charge is -2.23. The first-order valence-electron chi connectivity index (χ1n) is 9.38. The molecule has 2 aromatic carbocycles. The van der Waals surface area contributed by atoms with Crippen LogP contribution >= 0.6 is 0 Å². The van der Waals surface area contributed by atoms with E-state index in [4.69, 9.17) is 4.74 Å². The number of hydrogen-bond acceptors (Lipinski definition) is 4. The minimum atomic E-state index is -0.547. The molecule has 1 N–H and O–H groups in total. The highest BCUT2D eigenvalue weighted by Gasteiger charge is 2.20. The third kappa shape index (κ3) is 5.94. The number of nitrogens with one attached hydrogen (secondary N) is 1. The fourth-order valence-corrected chi connectivity index (χ4v) is 2.89. The van der Waals surface area contributed by atoms with Gasteiger partial charge in [0, 0.05) is 5.56 Å². The van der Waals surface area contributed by atoms with Gasteiger partial charge >= 0.3 is 6.09 Å². The highest BCUT2D eigenvalue weighted by molar-refractivity contribution is 5.68. The van der Waals surface area contributed by atoms with E-state index in [2.05, 4.69) is 15.6 Å². The zero-order valence-corrected chi connectivity index (χ0v) is 16.5. The van der Waals surface area contributed by atoms with Crippen molar-refractivity contribution in [2.24, 2.45) is 0 Å². The van der Waals surface area contributed by atoms with E-state index in [1.165, 1.54) is 0 Å². The SMILES string of the molecule is CC(C)(C)OC(=O)N[C@@H](Cc1ccccc1)Cn1cc(-c2ccccc2)nn1. The van der Waals surface area contributed by atoms with Gasteiger partial charge in [-0.1, -0.05) is 65.9 Å². The average Bonchev–Trinajstić information content (AvgIpc) is 3.10. The van der Waals surface area contributed by atoms with Crippen molar-refractivity contribution in [3.8, 4) is 11.3 Å². The van der Waals surface area contributed by atoms with Gasteiger partial charge in [-0.2, -0.15) is 0 Å². The molecule has 146 valence electrons. The molecule has 1 amide bonds. The Hall–Kier alpha value is -3.15. The summed E-state index contributed by atoms with van der Waals surface area (Å²) in [4.78, 5) is 12.3. The Labute approximate surface area is 165 Å². The molecule has 0 aliphatic rings. The lowest BCUT2D eigenvalue weighted by molar-refractivity contribution is 0.0498. The number of alkyl carbamates (subject to hydrolysis) is 1. The molecule has 1 atom stereocenters. The molecule has 1 aromatic heterocycles. The van der Waals surface area contributed by atoms with Crippen LogP contribution in [0.25, 0.3) is 11.3 Å². The molecule has 6 nitrogen and oxygen atoms in total. The molecule has 3 rings (SSSR count). The van der Waals surface area contributed by atoms with E-state index in [1.54, 1.807) is 4.68 Å². The van der Waals surface area contributed by atoms with Crippen LogP contribution in [0.3, 0.4) is 0 Å². The normalized spacial score (nSPS) is 12.4. The predicted octanol–water partition coefficient (Wildman–Crippen LogP) is 4.08. The molecule has 0 saturated heterocycles. The lowest BCUT2D eigenvalue weighted by atomic mass is 10.1. The molecule has 6 heteroatoms. The van der Waals surface area contributed by atoms with Crippen LogP contribution in [0.15, 0.2) is 66.9 Å². The minimum Gasteiger partial charge on any atom is -0.444 e. The summed E-state index contributed by atoms with van der Waals surface area (Å²) in [6.45, 7) is 6.04. The fraction of sp³-hybridized carbons (Fsp3) is 0.318. The van der Waals surface area contributed by atoms with Crippen molar-refractivity contribution in [3.63, 3.8) is 0 Å². The molecule has 0 fully saturated rings. The molecule has 0 aliphatic carbocycles. The van der Waals surface area contributed by atoms with Crippen molar-refractivity contribution in [1.29, 1.82) is 0 Å². The van der Waals surface area contributed by atoms with Gasteiger partial charge < -0.3 is 10.1 Å². The smallest absolute Gasteiger partial charge is 0.407 e. The van der Waals surface area contributed by atoms with Crippen LogP contribution in [-0.4, -0.2) is 32.7 Å². The standard InChI is InChI=1S/C22H26N4O2/c1-22(2,3)28-21(27)23-19(14-17-10-6-4-7-11-17)15-26-16-20(24-25-26)18-12-8-5-9-13-18/h4-13,16,19H,14-15H2,1-3H3,(H,23,27)/t19-/m0/s1. The Bertz CT molecular complexity index is 886. The van der Waals surface area contributed by atoms with Crippen LogP contribution in [0.4, 0.5) is 4.79 Å². The molecule has 0 spiro atoms. The minimum absolute atomic E-state index is 0.178. The lowest BCUT2D eigenvalue weighted by Crippen LogP contribution is -2.42. The molecule has 0 unspecified atom stereocenters. The number of carbonyl (C=O) groups excluding carboxylic acids is 1. The Kier molecular flexibility index (Phi) is 6.09. The summed E-state index contributed by atoms with van der Waals surface area (Å²) in [5.74, 6) is 0. The van der Waals surface area contributed by atoms with E-state index in [1.807, 2.05) is 87.6 Å². The summed E-state index contributed by atoms with van der Waals surface area (Å²) in [5.41, 5.74) is 2.39. The van der Waals surface area contributed by atoms with Gasteiger partial charge in [0.05, 0.1) is 18.8 Å². The van der Waals surface area contributed by atoms with E-state index in [-0.39, 0.29) is 6.04 Å². The first kappa shape index (κ1) is 19.6. The van der Waals surface area contributed by atoms with Crippen molar-refractivity contribution in [2.75, 3.05) is 0 Å². The molecule has 0 saturated carbocycles. The monoisotopic (exact) mass is 378 g/mol. The second-order valence-corrected chi connectivity index (χ2v) is 7.72. The first-order chi connectivity index (χ1) is 13.4. The first-order valence-corrected chi connectivity index (χ1v) is 9.38. The van der Waals surface area contributed by atoms with Crippen molar-refractivity contribution >= 4 is 6.09 Å². The molecule has 0 radical (unpaired) electrons. The summed E-state index contributed by atoms with van der Waals surface area (Å²) in [5, 5.41) is 11.5. The highest BCUT2D eigenvalue weighted by atomic mass is 16.6. The molecule has 0 aliphatic heterocycles. The predicted molar refractivity (Wildman–Crippen MR) is 109 cm³/mol. The van der Waals surface area contributed by atoms with Crippen molar-refractivity contribution in [1.82, 2.24) is 20.3 Å². The number of amides is 1. The fourth-order valence-electron chi connectivity index (χ4n) is 2.89. The topological polar surface area (TPSA) is 69.0 Å². The van der Waals surface area contributed by atoms with E-state index in [9.17, 15) is 4.79 Å². The maximum absolute atomic E-state index is 12.3. The Balaban J connectivity index is 1.73. The van der Waals surface area contributed by atoms with E-state index in [0.29, 0.717) is 13.0 Å². The number of benzene rings is 2. The van der Waals surface area contributed by atoms with Gasteiger partial charge in [-0.15, -0.1) is 5.10 Å². The number of carbonyl (C=O) groups is 1. The van der Waals surface area contributed by atoms with Crippen LogP contribution in [0, 0.1) is 0 Å².